The van der Waals surface area contributed by atoms with Gasteiger partial charge < -0.3 is 14.8 Å². The lowest BCUT2D eigenvalue weighted by molar-refractivity contribution is 0.102. The van der Waals surface area contributed by atoms with Crippen molar-refractivity contribution in [3.63, 3.8) is 0 Å². The molecule has 0 spiro atoms. The average molecular weight is 332 g/mol. The number of carbonyl (C=O) groups excluding carboxylic acids is 2. The van der Waals surface area contributed by atoms with Gasteiger partial charge in [0.2, 0.25) is 0 Å². The second kappa shape index (κ2) is 8.64. The first kappa shape index (κ1) is 17.4. The minimum Gasteiger partial charge on any atom is -0.447 e. The Kier molecular flexibility index (Phi) is 6.27. The number of benzene rings is 2. The summed E-state index contributed by atoms with van der Waals surface area (Å²) in [7, 11) is 1.50. The fourth-order valence-corrected chi connectivity index (χ4v) is 1.89. The van der Waals surface area contributed by atoms with Crippen molar-refractivity contribution in [1.29, 1.82) is 0 Å². The number of rotatable bonds is 6. The highest BCUT2D eigenvalue weighted by atomic mass is 19.1. The Morgan fingerprint density at radius 3 is 2.42 bits per heavy atom. The van der Waals surface area contributed by atoms with Crippen LogP contribution in [0.4, 0.5) is 20.6 Å². The third-order valence-corrected chi connectivity index (χ3v) is 3.01. The number of hydrogen-bond donors (Lipinski definition) is 2. The van der Waals surface area contributed by atoms with Crippen molar-refractivity contribution in [2.75, 3.05) is 31.0 Å². The SMILES string of the molecule is COCCOC(=O)Nc1cccc(NC(=O)c2ccccc2F)c1. The van der Waals surface area contributed by atoms with E-state index in [-0.39, 0.29) is 12.2 Å². The summed E-state index contributed by atoms with van der Waals surface area (Å²) in [4.78, 5) is 23.6. The molecule has 2 N–H and O–H groups in total. The number of halogens is 1. The summed E-state index contributed by atoms with van der Waals surface area (Å²) in [5.41, 5.74) is 0.788. The minimum absolute atomic E-state index is 0.0603. The van der Waals surface area contributed by atoms with Crippen LogP contribution in [-0.4, -0.2) is 32.3 Å². The van der Waals surface area contributed by atoms with Gasteiger partial charge in [0.25, 0.3) is 5.91 Å². The highest BCUT2D eigenvalue weighted by Gasteiger charge is 2.11. The monoisotopic (exact) mass is 332 g/mol. The second-order valence-electron chi connectivity index (χ2n) is 4.77. The summed E-state index contributed by atoms with van der Waals surface area (Å²) in [6.45, 7) is 0.429. The van der Waals surface area contributed by atoms with Crippen LogP contribution in [0, 0.1) is 5.82 Å². The normalized spacial score (nSPS) is 10.1. The predicted octanol–water partition coefficient (Wildman–Crippen LogP) is 3.27. The van der Waals surface area contributed by atoms with Crippen molar-refractivity contribution in [1.82, 2.24) is 0 Å². The lowest BCUT2D eigenvalue weighted by atomic mass is 10.2. The summed E-state index contributed by atoms with van der Waals surface area (Å²) >= 11 is 0. The maximum absolute atomic E-state index is 13.6. The molecule has 6 nitrogen and oxygen atoms in total. The van der Waals surface area contributed by atoms with Crippen LogP contribution < -0.4 is 10.6 Å². The highest BCUT2D eigenvalue weighted by Crippen LogP contribution is 2.17. The average Bonchev–Trinajstić information content (AvgIpc) is 2.55. The Labute approximate surface area is 138 Å². The van der Waals surface area contributed by atoms with Crippen molar-refractivity contribution in [3.8, 4) is 0 Å². The third-order valence-electron chi connectivity index (χ3n) is 3.01. The molecule has 0 radical (unpaired) electrons. The van der Waals surface area contributed by atoms with Gasteiger partial charge in [0, 0.05) is 18.5 Å². The zero-order valence-corrected chi connectivity index (χ0v) is 13.0. The molecular formula is C17H17FN2O4. The van der Waals surface area contributed by atoms with E-state index in [1.165, 1.54) is 31.4 Å². The highest BCUT2D eigenvalue weighted by molar-refractivity contribution is 6.04. The number of ether oxygens (including phenoxy) is 2. The molecule has 0 aromatic heterocycles. The van der Waals surface area contributed by atoms with E-state index >= 15 is 0 Å². The van der Waals surface area contributed by atoms with E-state index in [1.807, 2.05) is 0 Å². The van der Waals surface area contributed by atoms with Crippen molar-refractivity contribution >= 4 is 23.4 Å². The first-order valence-electron chi connectivity index (χ1n) is 7.19. The largest absolute Gasteiger partial charge is 0.447 e. The van der Waals surface area contributed by atoms with E-state index in [1.54, 1.807) is 24.3 Å². The summed E-state index contributed by atoms with van der Waals surface area (Å²) in [6.07, 6.45) is -0.635. The van der Waals surface area contributed by atoms with Gasteiger partial charge in [-0.2, -0.15) is 0 Å². The molecule has 24 heavy (non-hydrogen) atoms. The number of amides is 2. The number of methoxy groups -OCH3 is 1. The molecule has 0 heterocycles. The van der Waals surface area contributed by atoms with Gasteiger partial charge in [0.05, 0.1) is 12.2 Å². The Morgan fingerprint density at radius 1 is 1.00 bits per heavy atom. The minimum atomic E-state index is -0.635. The zero-order valence-electron chi connectivity index (χ0n) is 13.0. The van der Waals surface area contributed by atoms with E-state index < -0.39 is 17.8 Å². The van der Waals surface area contributed by atoms with Gasteiger partial charge in [-0.05, 0) is 30.3 Å². The second-order valence-corrected chi connectivity index (χ2v) is 4.77. The first-order chi connectivity index (χ1) is 11.6. The lowest BCUT2D eigenvalue weighted by Gasteiger charge is -2.09. The predicted molar refractivity (Wildman–Crippen MR) is 87.6 cm³/mol. The van der Waals surface area contributed by atoms with Crippen LogP contribution in [0.25, 0.3) is 0 Å². The fourth-order valence-electron chi connectivity index (χ4n) is 1.89. The Bertz CT molecular complexity index is 721. The quantitative estimate of drug-likeness (QED) is 0.796. The zero-order chi connectivity index (χ0) is 17.4. The van der Waals surface area contributed by atoms with Crippen LogP contribution in [0.1, 0.15) is 10.4 Å². The van der Waals surface area contributed by atoms with Gasteiger partial charge in [-0.3, -0.25) is 10.1 Å². The lowest BCUT2D eigenvalue weighted by Crippen LogP contribution is -2.17. The van der Waals surface area contributed by atoms with Gasteiger partial charge >= 0.3 is 6.09 Å². The molecule has 0 aliphatic heterocycles. The first-order valence-corrected chi connectivity index (χ1v) is 7.19. The van der Waals surface area contributed by atoms with Crippen LogP contribution in [-0.2, 0) is 9.47 Å². The maximum atomic E-state index is 13.6. The van der Waals surface area contributed by atoms with Crippen molar-refractivity contribution < 1.29 is 23.5 Å². The molecule has 0 aliphatic rings. The number of nitrogens with one attached hydrogen (secondary N) is 2. The molecule has 0 saturated carbocycles. The van der Waals surface area contributed by atoms with E-state index in [0.29, 0.717) is 18.0 Å². The molecule has 0 aliphatic carbocycles. The molecule has 0 bridgehead atoms. The van der Waals surface area contributed by atoms with E-state index in [0.717, 1.165) is 0 Å². The van der Waals surface area contributed by atoms with Crippen LogP contribution >= 0.6 is 0 Å². The van der Waals surface area contributed by atoms with E-state index in [2.05, 4.69) is 10.6 Å². The van der Waals surface area contributed by atoms with Crippen molar-refractivity contribution in [3.05, 3.63) is 59.9 Å². The van der Waals surface area contributed by atoms with E-state index in [9.17, 15) is 14.0 Å². The van der Waals surface area contributed by atoms with Gasteiger partial charge in [-0.25, -0.2) is 9.18 Å². The summed E-state index contributed by atoms with van der Waals surface area (Å²) in [6, 6.07) is 12.1. The summed E-state index contributed by atoms with van der Waals surface area (Å²) < 4.78 is 23.3. The molecule has 2 amide bonds. The van der Waals surface area contributed by atoms with Crippen molar-refractivity contribution in [2.24, 2.45) is 0 Å². The Balaban J connectivity index is 1.99. The Hall–Kier alpha value is -2.93. The van der Waals surface area contributed by atoms with Gasteiger partial charge in [-0.15, -0.1) is 0 Å². The van der Waals surface area contributed by atoms with Crippen LogP contribution in [0.2, 0.25) is 0 Å². The van der Waals surface area contributed by atoms with Crippen LogP contribution in [0.5, 0.6) is 0 Å². The number of carbonyl (C=O) groups is 2. The van der Waals surface area contributed by atoms with Gasteiger partial charge in [-0.1, -0.05) is 18.2 Å². The third kappa shape index (κ3) is 5.06. The molecule has 7 heteroatoms. The van der Waals surface area contributed by atoms with Crippen LogP contribution in [0.15, 0.2) is 48.5 Å². The number of anilines is 2. The van der Waals surface area contributed by atoms with Crippen molar-refractivity contribution in [2.45, 2.75) is 0 Å². The smallest absolute Gasteiger partial charge is 0.411 e. The topological polar surface area (TPSA) is 76.7 Å². The molecule has 126 valence electrons. The van der Waals surface area contributed by atoms with Crippen LogP contribution in [0.3, 0.4) is 0 Å². The standard InChI is InChI=1S/C17H17FN2O4/c1-23-9-10-24-17(22)20-13-6-4-5-12(11-13)19-16(21)14-7-2-3-8-15(14)18/h2-8,11H,9-10H2,1H3,(H,19,21)(H,20,22). The molecule has 2 rings (SSSR count). The molecule has 0 fully saturated rings. The van der Waals surface area contributed by atoms with Gasteiger partial charge in [0.1, 0.15) is 12.4 Å². The molecular weight excluding hydrogens is 315 g/mol. The van der Waals surface area contributed by atoms with Gasteiger partial charge in [0.15, 0.2) is 0 Å². The maximum Gasteiger partial charge on any atom is 0.411 e. The molecule has 2 aromatic rings. The molecule has 0 atom stereocenters. The summed E-state index contributed by atoms with van der Waals surface area (Å²) in [5.74, 6) is -1.18. The Morgan fingerprint density at radius 2 is 1.71 bits per heavy atom. The fraction of sp³-hybridized carbons (Fsp3) is 0.176. The summed E-state index contributed by atoms with van der Waals surface area (Å²) in [5, 5.41) is 5.10. The van der Waals surface area contributed by atoms with E-state index in [4.69, 9.17) is 9.47 Å². The molecule has 2 aromatic carbocycles. The number of hydrogen-bond acceptors (Lipinski definition) is 4. The molecule has 0 saturated heterocycles. The molecule has 0 unspecified atom stereocenters.